The van der Waals surface area contributed by atoms with Gasteiger partial charge in [0.25, 0.3) is 0 Å². The van der Waals surface area contributed by atoms with Gasteiger partial charge in [0.05, 0.1) is 19.3 Å². The number of aliphatic hydroxyl groups excluding tert-OH is 1. The van der Waals surface area contributed by atoms with Crippen molar-refractivity contribution in [1.29, 1.82) is 0 Å². The van der Waals surface area contributed by atoms with Gasteiger partial charge in [-0.3, -0.25) is 0 Å². The van der Waals surface area contributed by atoms with E-state index in [2.05, 4.69) is 10.6 Å². The topological polar surface area (TPSA) is 70.6 Å². The maximum atomic E-state index is 11.8. The second-order valence-corrected chi connectivity index (χ2v) is 6.56. The van der Waals surface area contributed by atoms with Crippen LogP contribution < -0.4 is 10.6 Å². The van der Waals surface area contributed by atoms with Crippen LogP contribution in [0.3, 0.4) is 0 Å². The van der Waals surface area contributed by atoms with E-state index in [1.54, 1.807) is 0 Å². The molecule has 1 aromatic rings. The molecule has 3 N–H and O–H groups in total. The van der Waals surface area contributed by atoms with Crippen LogP contribution >= 0.6 is 0 Å². The molecule has 2 atom stereocenters. The van der Waals surface area contributed by atoms with Gasteiger partial charge >= 0.3 is 6.03 Å². The zero-order chi connectivity index (χ0) is 16.5. The fraction of sp³-hybridized carbons (Fsp3) is 0.611. The summed E-state index contributed by atoms with van der Waals surface area (Å²) in [5.41, 5.74) is 0.913. The van der Waals surface area contributed by atoms with Gasteiger partial charge in [0, 0.05) is 18.5 Å². The lowest BCUT2D eigenvalue weighted by molar-refractivity contribution is 0.00305. The molecule has 1 aliphatic carbocycles. The smallest absolute Gasteiger partial charge is 0.314 e. The highest BCUT2D eigenvalue weighted by Gasteiger charge is 2.35. The quantitative estimate of drug-likeness (QED) is 0.676. The summed E-state index contributed by atoms with van der Waals surface area (Å²) in [6.45, 7) is 4.04. The van der Waals surface area contributed by atoms with Crippen LogP contribution in [0, 0.1) is 5.41 Å². The van der Waals surface area contributed by atoms with E-state index in [0.29, 0.717) is 26.3 Å². The van der Waals surface area contributed by atoms with E-state index in [4.69, 9.17) is 4.74 Å². The van der Waals surface area contributed by atoms with Crippen LogP contribution in [-0.4, -0.2) is 36.9 Å². The monoisotopic (exact) mass is 320 g/mol. The van der Waals surface area contributed by atoms with E-state index in [0.717, 1.165) is 31.2 Å². The molecule has 0 bridgehead atoms. The van der Waals surface area contributed by atoms with Crippen molar-refractivity contribution in [1.82, 2.24) is 10.6 Å². The number of hydrogen-bond donors (Lipinski definition) is 3. The van der Waals surface area contributed by atoms with E-state index < -0.39 is 0 Å². The number of urea groups is 1. The van der Waals surface area contributed by atoms with E-state index in [-0.39, 0.29) is 17.6 Å². The number of amides is 2. The van der Waals surface area contributed by atoms with E-state index in [1.807, 2.05) is 37.3 Å². The molecule has 1 aromatic carbocycles. The SMILES string of the molecule is CC1(CNC(=O)NCCOCc2ccccc2)CCCCC1O. The summed E-state index contributed by atoms with van der Waals surface area (Å²) < 4.78 is 5.52. The zero-order valence-corrected chi connectivity index (χ0v) is 13.9. The standard InChI is InChI=1S/C18H28N2O3/c1-18(10-6-5-9-16(18)21)14-20-17(22)19-11-12-23-13-15-7-3-2-4-8-15/h2-4,7-8,16,21H,5-6,9-14H2,1H3,(H2,19,20,22). The van der Waals surface area contributed by atoms with E-state index in [9.17, 15) is 9.90 Å². The molecule has 0 aromatic heterocycles. The first-order valence-electron chi connectivity index (χ1n) is 8.42. The minimum absolute atomic E-state index is 0.202. The molecular weight excluding hydrogens is 292 g/mol. The lowest BCUT2D eigenvalue weighted by atomic mass is 9.73. The molecule has 1 fully saturated rings. The largest absolute Gasteiger partial charge is 0.392 e. The fourth-order valence-corrected chi connectivity index (χ4v) is 2.93. The Kier molecular flexibility index (Phi) is 6.86. The van der Waals surface area contributed by atoms with Crippen LogP contribution in [0.15, 0.2) is 30.3 Å². The first kappa shape index (κ1) is 17.8. The van der Waals surface area contributed by atoms with Crippen LogP contribution in [0.1, 0.15) is 38.2 Å². The van der Waals surface area contributed by atoms with Crippen LogP contribution in [-0.2, 0) is 11.3 Å². The summed E-state index contributed by atoms with van der Waals surface area (Å²) in [6.07, 6.45) is 3.64. The number of aliphatic hydroxyl groups is 1. The Morgan fingerprint density at radius 3 is 2.83 bits per heavy atom. The minimum Gasteiger partial charge on any atom is -0.392 e. The highest BCUT2D eigenvalue weighted by molar-refractivity contribution is 5.73. The van der Waals surface area contributed by atoms with Gasteiger partial charge in [-0.15, -0.1) is 0 Å². The molecule has 23 heavy (non-hydrogen) atoms. The summed E-state index contributed by atoms with van der Waals surface area (Å²) >= 11 is 0. The molecule has 128 valence electrons. The Bertz CT molecular complexity index is 480. The summed E-state index contributed by atoms with van der Waals surface area (Å²) in [4.78, 5) is 11.8. The van der Waals surface area contributed by atoms with Gasteiger partial charge in [-0.2, -0.15) is 0 Å². The van der Waals surface area contributed by atoms with Crippen LogP contribution in [0.25, 0.3) is 0 Å². The number of rotatable bonds is 7. The number of nitrogens with one attached hydrogen (secondary N) is 2. The van der Waals surface area contributed by atoms with Gasteiger partial charge in [0.1, 0.15) is 0 Å². The van der Waals surface area contributed by atoms with Gasteiger partial charge in [0.15, 0.2) is 0 Å². The maximum Gasteiger partial charge on any atom is 0.314 e. The first-order valence-corrected chi connectivity index (χ1v) is 8.42. The summed E-state index contributed by atoms with van der Waals surface area (Å²) in [5.74, 6) is 0. The Morgan fingerprint density at radius 1 is 1.30 bits per heavy atom. The van der Waals surface area contributed by atoms with Gasteiger partial charge in [-0.05, 0) is 18.4 Å². The Morgan fingerprint density at radius 2 is 2.09 bits per heavy atom. The van der Waals surface area contributed by atoms with Gasteiger partial charge in [-0.1, -0.05) is 50.1 Å². The molecule has 2 unspecified atom stereocenters. The van der Waals surface area contributed by atoms with Gasteiger partial charge < -0.3 is 20.5 Å². The number of carbonyl (C=O) groups is 1. The predicted molar refractivity (Wildman–Crippen MR) is 90.1 cm³/mol. The van der Waals surface area contributed by atoms with Crippen molar-refractivity contribution in [2.45, 2.75) is 45.3 Å². The minimum atomic E-state index is -0.328. The van der Waals surface area contributed by atoms with Crippen molar-refractivity contribution in [3.05, 3.63) is 35.9 Å². The molecule has 2 amide bonds. The first-order chi connectivity index (χ1) is 11.1. The fourth-order valence-electron chi connectivity index (χ4n) is 2.93. The second kappa shape index (κ2) is 8.89. The molecule has 0 radical (unpaired) electrons. The molecule has 0 heterocycles. The summed E-state index contributed by atoms with van der Waals surface area (Å²) in [7, 11) is 0. The van der Waals surface area contributed by atoms with Gasteiger partial charge in [0.2, 0.25) is 0 Å². The highest BCUT2D eigenvalue weighted by atomic mass is 16.5. The number of carbonyl (C=O) groups excluding carboxylic acids is 1. The summed E-state index contributed by atoms with van der Waals surface area (Å²) in [6, 6.07) is 9.74. The Hall–Kier alpha value is -1.59. The summed E-state index contributed by atoms with van der Waals surface area (Å²) in [5, 5.41) is 15.8. The Labute approximate surface area is 138 Å². The van der Waals surface area contributed by atoms with Crippen molar-refractivity contribution >= 4 is 6.03 Å². The molecule has 5 heteroatoms. The highest BCUT2D eigenvalue weighted by Crippen LogP contribution is 2.35. The number of benzene rings is 1. The predicted octanol–water partition coefficient (Wildman–Crippen LogP) is 2.44. The molecule has 0 saturated heterocycles. The normalized spacial score (nSPS) is 24.2. The van der Waals surface area contributed by atoms with Crippen LogP contribution in [0.2, 0.25) is 0 Å². The molecular formula is C18H28N2O3. The van der Waals surface area contributed by atoms with Crippen molar-refractivity contribution in [3.8, 4) is 0 Å². The number of hydrogen-bond acceptors (Lipinski definition) is 3. The molecule has 2 rings (SSSR count). The number of ether oxygens (including phenoxy) is 1. The molecule has 0 aliphatic heterocycles. The van der Waals surface area contributed by atoms with Crippen molar-refractivity contribution in [3.63, 3.8) is 0 Å². The molecule has 5 nitrogen and oxygen atoms in total. The molecule has 1 saturated carbocycles. The lowest BCUT2D eigenvalue weighted by Gasteiger charge is -2.38. The second-order valence-electron chi connectivity index (χ2n) is 6.56. The van der Waals surface area contributed by atoms with Crippen molar-refractivity contribution in [2.24, 2.45) is 5.41 Å². The average Bonchev–Trinajstić information content (AvgIpc) is 2.57. The van der Waals surface area contributed by atoms with Crippen molar-refractivity contribution < 1.29 is 14.6 Å². The molecule has 0 spiro atoms. The third-order valence-electron chi connectivity index (χ3n) is 4.58. The van der Waals surface area contributed by atoms with Gasteiger partial charge in [-0.25, -0.2) is 4.79 Å². The zero-order valence-electron chi connectivity index (χ0n) is 13.9. The van der Waals surface area contributed by atoms with Crippen molar-refractivity contribution in [2.75, 3.05) is 19.7 Å². The van der Waals surface area contributed by atoms with E-state index >= 15 is 0 Å². The third-order valence-corrected chi connectivity index (χ3v) is 4.58. The van der Waals surface area contributed by atoms with Crippen LogP contribution in [0.5, 0.6) is 0 Å². The Balaban J connectivity index is 1.56. The molecule has 1 aliphatic rings. The average molecular weight is 320 g/mol. The maximum absolute atomic E-state index is 11.8. The van der Waals surface area contributed by atoms with Crippen LogP contribution in [0.4, 0.5) is 4.79 Å². The lowest BCUT2D eigenvalue weighted by Crippen LogP contribution is -2.48. The third kappa shape index (κ3) is 5.84. The van der Waals surface area contributed by atoms with E-state index in [1.165, 1.54) is 0 Å².